The number of anilines is 1. The predicted molar refractivity (Wildman–Crippen MR) is 131 cm³/mol. The molecule has 0 aliphatic heterocycles. The van der Waals surface area contributed by atoms with Crippen molar-refractivity contribution in [3.05, 3.63) is 63.6 Å². The van der Waals surface area contributed by atoms with Crippen molar-refractivity contribution in [3.8, 4) is 0 Å². The van der Waals surface area contributed by atoms with Crippen molar-refractivity contribution in [1.82, 2.24) is 0 Å². The minimum Gasteiger partial charge on any atom is -0.460 e. The third-order valence-corrected chi connectivity index (χ3v) is 6.63. The molecule has 0 spiro atoms. The highest BCUT2D eigenvalue weighted by Gasteiger charge is 2.52. The Labute approximate surface area is 213 Å². The van der Waals surface area contributed by atoms with Crippen molar-refractivity contribution >= 4 is 40.8 Å². The summed E-state index contributed by atoms with van der Waals surface area (Å²) in [6.07, 6.45) is -2.87. The van der Waals surface area contributed by atoms with Crippen LogP contribution in [-0.2, 0) is 20.7 Å². The first-order chi connectivity index (χ1) is 16.1. The van der Waals surface area contributed by atoms with Crippen LogP contribution in [0.4, 0.5) is 18.9 Å². The molecule has 2 unspecified atom stereocenters. The summed E-state index contributed by atoms with van der Waals surface area (Å²) in [4.78, 5) is 25.8. The maximum absolute atomic E-state index is 13.6. The van der Waals surface area contributed by atoms with Crippen molar-refractivity contribution < 1.29 is 27.5 Å². The molecule has 0 aromatic heterocycles. The topological polar surface area (TPSA) is 55.4 Å². The molecule has 2 aromatic carbocycles. The zero-order valence-electron chi connectivity index (χ0n) is 19.9. The molecule has 0 heterocycles. The van der Waals surface area contributed by atoms with Crippen LogP contribution in [0.15, 0.2) is 42.5 Å². The number of amides is 1. The maximum Gasteiger partial charge on any atom is 0.392 e. The SMILES string of the molecule is CC(C(C(=O)Nc1cc(CC2(C(=O)OC(C)(C)C)CC2)ccc1Cl)c1ccc(Cl)cc1)C(F)(F)F. The van der Waals surface area contributed by atoms with Gasteiger partial charge in [0, 0.05) is 5.02 Å². The molecular weight excluding hydrogens is 502 g/mol. The number of benzene rings is 2. The van der Waals surface area contributed by atoms with E-state index in [9.17, 15) is 22.8 Å². The van der Waals surface area contributed by atoms with Gasteiger partial charge in [-0.1, -0.05) is 48.3 Å². The zero-order chi connectivity index (χ0) is 26.2. The fourth-order valence-electron chi connectivity index (χ4n) is 3.90. The molecule has 3 rings (SSSR count). The van der Waals surface area contributed by atoms with Gasteiger partial charge in [0.1, 0.15) is 5.60 Å². The summed E-state index contributed by atoms with van der Waals surface area (Å²) >= 11 is 12.1. The number of rotatable bonds is 7. The number of hydrogen-bond donors (Lipinski definition) is 1. The molecule has 1 amide bonds. The summed E-state index contributed by atoms with van der Waals surface area (Å²) in [6, 6.07) is 10.6. The first-order valence-electron chi connectivity index (χ1n) is 11.3. The molecule has 9 heteroatoms. The van der Waals surface area contributed by atoms with Gasteiger partial charge in [0.05, 0.1) is 28.0 Å². The fourth-order valence-corrected chi connectivity index (χ4v) is 4.19. The highest BCUT2D eigenvalue weighted by atomic mass is 35.5. The molecule has 0 saturated heterocycles. The second-order valence-corrected chi connectivity index (χ2v) is 11.0. The highest BCUT2D eigenvalue weighted by Crippen LogP contribution is 2.50. The first-order valence-corrected chi connectivity index (χ1v) is 12.0. The largest absolute Gasteiger partial charge is 0.460 e. The Bertz CT molecular complexity index is 1090. The van der Waals surface area contributed by atoms with Gasteiger partial charge in [0.15, 0.2) is 0 Å². The molecule has 35 heavy (non-hydrogen) atoms. The smallest absolute Gasteiger partial charge is 0.392 e. The summed E-state index contributed by atoms with van der Waals surface area (Å²) in [5.41, 5.74) is -0.162. The van der Waals surface area contributed by atoms with Crippen LogP contribution >= 0.6 is 23.2 Å². The summed E-state index contributed by atoms with van der Waals surface area (Å²) in [6.45, 7) is 6.37. The van der Waals surface area contributed by atoms with Crippen LogP contribution in [0.5, 0.6) is 0 Å². The second-order valence-electron chi connectivity index (χ2n) is 10.1. The van der Waals surface area contributed by atoms with Crippen LogP contribution in [0.3, 0.4) is 0 Å². The Kier molecular flexibility index (Phi) is 7.82. The normalized spacial score (nSPS) is 16.8. The van der Waals surface area contributed by atoms with Gasteiger partial charge in [0.2, 0.25) is 5.91 Å². The summed E-state index contributed by atoms with van der Waals surface area (Å²) in [5.74, 6) is -4.59. The Morgan fingerprint density at radius 1 is 1.06 bits per heavy atom. The van der Waals surface area contributed by atoms with Gasteiger partial charge in [-0.05, 0) is 75.4 Å². The van der Waals surface area contributed by atoms with E-state index in [4.69, 9.17) is 27.9 Å². The lowest BCUT2D eigenvalue weighted by molar-refractivity contribution is -0.178. The Morgan fingerprint density at radius 2 is 1.66 bits per heavy atom. The van der Waals surface area contributed by atoms with Gasteiger partial charge in [-0.25, -0.2) is 0 Å². The second kappa shape index (κ2) is 10.0. The number of alkyl halides is 3. The molecule has 2 atom stereocenters. The highest BCUT2D eigenvalue weighted by molar-refractivity contribution is 6.33. The summed E-state index contributed by atoms with van der Waals surface area (Å²) < 4.78 is 46.4. The number of halogens is 5. The van der Waals surface area contributed by atoms with Gasteiger partial charge in [-0.15, -0.1) is 0 Å². The van der Waals surface area contributed by atoms with E-state index in [1.807, 2.05) is 0 Å². The van der Waals surface area contributed by atoms with E-state index in [1.165, 1.54) is 24.3 Å². The van der Waals surface area contributed by atoms with Crippen molar-refractivity contribution in [3.63, 3.8) is 0 Å². The van der Waals surface area contributed by atoms with Crippen molar-refractivity contribution in [1.29, 1.82) is 0 Å². The number of hydrogen-bond acceptors (Lipinski definition) is 3. The molecule has 1 aliphatic carbocycles. The lowest BCUT2D eigenvalue weighted by Gasteiger charge is -2.26. The number of carbonyl (C=O) groups is 2. The lowest BCUT2D eigenvalue weighted by Crippen LogP contribution is -2.34. The molecule has 4 nitrogen and oxygen atoms in total. The van der Waals surface area contributed by atoms with Gasteiger partial charge in [-0.2, -0.15) is 13.2 Å². The van der Waals surface area contributed by atoms with E-state index in [-0.39, 0.29) is 22.2 Å². The van der Waals surface area contributed by atoms with E-state index in [2.05, 4.69) is 5.32 Å². The third-order valence-electron chi connectivity index (χ3n) is 6.04. The molecule has 0 radical (unpaired) electrons. The monoisotopic (exact) mass is 529 g/mol. The first kappa shape index (κ1) is 27.3. The maximum atomic E-state index is 13.6. The Morgan fingerprint density at radius 3 is 2.17 bits per heavy atom. The number of esters is 1. The van der Waals surface area contributed by atoms with Crippen molar-refractivity contribution in [2.45, 2.75) is 64.7 Å². The molecule has 1 aliphatic rings. The van der Waals surface area contributed by atoms with Crippen LogP contribution in [0.2, 0.25) is 10.0 Å². The molecule has 1 N–H and O–H groups in total. The number of nitrogens with one attached hydrogen (secondary N) is 1. The van der Waals surface area contributed by atoms with Crippen LogP contribution in [-0.4, -0.2) is 23.7 Å². The van der Waals surface area contributed by atoms with Crippen LogP contribution in [0, 0.1) is 11.3 Å². The molecule has 2 aromatic rings. The van der Waals surface area contributed by atoms with Crippen LogP contribution in [0.25, 0.3) is 0 Å². The van der Waals surface area contributed by atoms with Gasteiger partial charge in [-0.3, -0.25) is 9.59 Å². The lowest BCUT2D eigenvalue weighted by atomic mass is 9.85. The zero-order valence-corrected chi connectivity index (χ0v) is 21.4. The van der Waals surface area contributed by atoms with Crippen molar-refractivity contribution in [2.24, 2.45) is 11.3 Å². The predicted octanol–water partition coefficient (Wildman–Crippen LogP) is 7.58. The van der Waals surface area contributed by atoms with Gasteiger partial charge >= 0.3 is 12.1 Å². The minimum absolute atomic E-state index is 0.179. The average Bonchev–Trinajstić information content (AvgIpc) is 3.51. The molecular formula is C26H28Cl2F3NO3. The quantitative estimate of drug-likeness (QED) is 0.376. The minimum atomic E-state index is -4.60. The molecule has 1 saturated carbocycles. The molecule has 190 valence electrons. The van der Waals surface area contributed by atoms with Gasteiger partial charge < -0.3 is 10.1 Å². The van der Waals surface area contributed by atoms with E-state index >= 15 is 0 Å². The Hall–Kier alpha value is -2.25. The van der Waals surface area contributed by atoms with E-state index in [1.54, 1.807) is 39.0 Å². The van der Waals surface area contributed by atoms with E-state index in [0.29, 0.717) is 24.3 Å². The molecule has 0 bridgehead atoms. The average molecular weight is 530 g/mol. The van der Waals surface area contributed by atoms with Gasteiger partial charge in [0.25, 0.3) is 0 Å². The van der Waals surface area contributed by atoms with Crippen molar-refractivity contribution in [2.75, 3.05) is 5.32 Å². The standard InChI is InChI=1S/C26H28Cl2F3NO3/c1-15(26(29,30)31)21(17-6-8-18(27)9-7-17)22(33)32-20-13-16(5-10-19(20)28)14-25(11-12-25)23(34)35-24(2,3)4/h5-10,13,15,21H,11-12,14H2,1-4H3,(H,32,33). The van der Waals surface area contributed by atoms with E-state index < -0.39 is 34.9 Å². The Balaban J connectivity index is 1.84. The summed E-state index contributed by atoms with van der Waals surface area (Å²) in [7, 11) is 0. The van der Waals surface area contributed by atoms with Crippen LogP contribution < -0.4 is 5.32 Å². The number of carbonyl (C=O) groups excluding carboxylic acids is 2. The fraction of sp³-hybridized carbons (Fsp3) is 0.462. The molecule has 1 fully saturated rings. The summed E-state index contributed by atoms with van der Waals surface area (Å²) in [5, 5.41) is 3.10. The van der Waals surface area contributed by atoms with E-state index in [0.717, 1.165) is 12.5 Å². The number of ether oxygens (including phenoxy) is 1. The van der Waals surface area contributed by atoms with Crippen LogP contribution in [0.1, 0.15) is 57.6 Å². The third kappa shape index (κ3) is 6.91.